The highest BCUT2D eigenvalue weighted by Crippen LogP contribution is 2.41. The molecule has 0 bridgehead atoms. The number of phenolic OH excluding ortho intramolecular Hbond substituents is 1. The summed E-state index contributed by atoms with van der Waals surface area (Å²) in [4.78, 5) is 39.7. The molecule has 10 nitrogen and oxygen atoms in total. The fourth-order valence-corrected chi connectivity index (χ4v) is 3.78. The molecule has 1 atom stereocenters. The highest BCUT2D eigenvalue weighted by atomic mass is 16.6. The second-order valence-electron chi connectivity index (χ2n) is 7.88. The van der Waals surface area contributed by atoms with E-state index in [1.807, 2.05) is 19.0 Å². The number of carbonyl (C=O) groups is 2. The average molecular weight is 455 g/mol. The maximum atomic E-state index is 13.0. The number of nitro groups is 1. The van der Waals surface area contributed by atoms with Crippen molar-refractivity contribution in [2.24, 2.45) is 0 Å². The molecule has 1 fully saturated rings. The lowest BCUT2D eigenvalue weighted by molar-refractivity contribution is -0.384. The predicted octanol–water partition coefficient (Wildman–Crippen LogP) is 2.68. The summed E-state index contributed by atoms with van der Waals surface area (Å²) >= 11 is 0. The first kappa shape index (κ1) is 23.7. The highest BCUT2D eigenvalue weighted by Gasteiger charge is 2.46. The Hall–Kier alpha value is -3.92. The molecule has 1 heterocycles. The molecule has 0 aliphatic carbocycles. The van der Waals surface area contributed by atoms with Crippen LogP contribution in [0.3, 0.4) is 0 Å². The number of amides is 1. The van der Waals surface area contributed by atoms with Gasteiger partial charge in [-0.05, 0) is 56.9 Å². The number of non-ortho nitro benzene ring substituents is 1. The number of aliphatic hydroxyl groups excluding tert-OH is 1. The fourth-order valence-electron chi connectivity index (χ4n) is 3.78. The van der Waals surface area contributed by atoms with Gasteiger partial charge in [-0.15, -0.1) is 0 Å². The lowest BCUT2D eigenvalue weighted by Crippen LogP contribution is -2.32. The van der Waals surface area contributed by atoms with Gasteiger partial charge in [-0.2, -0.15) is 0 Å². The number of aromatic hydroxyl groups is 1. The van der Waals surface area contributed by atoms with Crippen molar-refractivity contribution in [1.82, 2.24) is 9.80 Å². The normalized spacial score (nSPS) is 17.6. The smallest absolute Gasteiger partial charge is 0.295 e. The van der Waals surface area contributed by atoms with E-state index in [9.17, 15) is 29.9 Å². The summed E-state index contributed by atoms with van der Waals surface area (Å²) < 4.78 is 5.05. The molecular formula is C23H25N3O7. The number of nitrogens with zero attached hydrogens (tertiary/aromatic N) is 3. The van der Waals surface area contributed by atoms with E-state index >= 15 is 0 Å². The lowest BCUT2D eigenvalue weighted by Gasteiger charge is -2.26. The van der Waals surface area contributed by atoms with Crippen molar-refractivity contribution in [2.75, 3.05) is 34.3 Å². The molecule has 1 amide bonds. The predicted molar refractivity (Wildman–Crippen MR) is 120 cm³/mol. The molecule has 1 saturated heterocycles. The molecule has 174 valence electrons. The van der Waals surface area contributed by atoms with Crippen LogP contribution >= 0.6 is 0 Å². The molecule has 2 aromatic rings. The van der Waals surface area contributed by atoms with Crippen molar-refractivity contribution in [2.45, 2.75) is 12.5 Å². The number of rotatable bonds is 8. The van der Waals surface area contributed by atoms with E-state index in [1.54, 1.807) is 0 Å². The number of methoxy groups -OCH3 is 1. The Kier molecular flexibility index (Phi) is 6.98. The zero-order chi connectivity index (χ0) is 24.3. The number of ether oxygens (including phenoxy) is 1. The van der Waals surface area contributed by atoms with E-state index in [4.69, 9.17) is 4.74 Å². The van der Waals surface area contributed by atoms with E-state index in [0.29, 0.717) is 24.3 Å². The van der Waals surface area contributed by atoms with Gasteiger partial charge in [-0.25, -0.2) is 0 Å². The largest absolute Gasteiger partial charge is 0.507 e. The van der Waals surface area contributed by atoms with Crippen LogP contribution in [-0.4, -0.2) is 70.9 Å². The molecule has 10 heteroatoms. The molecule has 0 spiro atoms. The summed E-state index contributed by atoms with van der Waals surface area (Å²) in [6.45, 7) is 0.894. The van der Waals surface area contributed by atoms with Crippen LogP contribution in [-0.2, 0) is 9.59 Å². The van der Waals surface area contributed by atoms with Crippen LogP contribution < -0.4 is 4.74 Å². The van der Waals surface area contributed by atoms with Gasteiger partial charge in [0, 0.05) is 24.7 Å². The van der Waals surface area contributed by atoms with Gasteiger partial charge in [0.1, 0.15) is 17.3 Å². The first-order chi connectivity index (χ1) is 15.6. The monoisotopic (exact) mass is 455 g/mol. The molecule has 0 saturated carbocycles. The van der Waals surface area contributed by atoms with Crippen molar-refractivity contribution < 1.29 is 29.5 Å². The minimum absolute atomic E-state index is 0.0333. The Labute approximate surface area is 190 Å². The van der Waals surface area contributed by atoms with Gasteiger partial charge in [0.25, 0.3) is 17.4 Å². The van der Waals surface area contributed by atoms with Crippen LogP contribution in [0.4, 0.5) is 5.69 Å². The van der Waals surface area contributed by atoms with Crippen LogP contribution in [0.2, 0.25) is 0 Å². The SMILES string of the molecule is COc1ccc(C(O)=C2C(=O)C(=O)N(CCCN(C)C)C2c2ccc([N+](=O)[O-])cc2)c(O)c1. The molecule has 0 radical (unpaired) electrons. The lowest BCUT2D eigenvalue weighted by atomic mass is 9.94. The van der Waals surface area contributed by atoms with Crippen LogP contribution in [0.25, 0.3) is 5.76 Å². The summed E-state index contributed by atoms with van der Waals surface area (Å²) in [5, 5.41) is 32.4. The Morgan fingerprint density at radius 2 is 1.85 bits per heavy atom. The molecule has 33 heavy (non-hydrogen) atoms. The van der Waals surface area contributed by atoms with Crippen LogP contribution in [0.15, 0.2) is 48.0 Å². The summed E-state index contributed by atoms with van der Waals surface area (Å²) in [6.07, 6.45) is 0.567. The number of Topliss-reactive ketones (excluding diaryl/α,β-unsaturated/α-hetero) is 1. The van der Waals surface area contributed by atoms with Crippen LogP contribution in [0.5, 0.6) is 11.5 Å². The Balaban J connectivity index is 2.12. The van der Waals surface area contributed by atoms with Gasteiger partial charge in [0.05, 0.1) is 29.2 Å². The molecule has 0 aromatic heterocycles. The van der Waals surface area contributed by atoms with Crippen LogP contribution in [0, 0.1) is 10.1 Å². The number of nitro benzene ring substituents is 1. The van der Waals surface area contributed by atoms with E-state index < -0.39 is 28.4 Å². The number of carbonyl (C=O) groups excluding carboxylic acids is 2. The molecule has 1 aliphatic heterocycles. The first-order valence-corrected chi connectivity index (χ1v) is 10.2. The number of hydrogen-bond donors (Lipinski definition) is 2. The minimum atomic E-state index is -0.963. The second-order valence-corrected chi connectivity index (χ2v) is 7.88. The highest BCUT2D eigenvalue weighted by molar-refractivity contribution is 6.46. The van der Waals surface area contributed by atoms with Crippen molar-refractivity contribution in [3.8, 4) is 11.5 Å². The quantitative estimate of drug-likeness (QED) is 0.204. The maximum absolute atomic E-state index is 13.0. The van der Waals surface area contributed by atoms with Crippen molar-refractivity contribution >= 4 is 23.1 Å². The standard InChI is InChI=1S/C23H25N3O7/c1-24(2)11-4-12-25-20(14-5-7-15(8-6-14)26(31)32)19(22(29)23(25)30)21(28)17-10-9-16(33-3)13-18(17)27/h5-10,13,20,27-28H,4,11-12H2,1-3H3. The fraction of sp³-hybridized carbons (Fsp3) is 0.304. The third-order valence-electron chi connectivity index (χ3n) is 5.42. The Morgan fingerprint density at radius 3 is 2.39 bits per heavy atom. The zero-order valence-electron chi connectivity index (χ0n) is 18.5. The van der Waals surface area contributed by atoms with Gasteiger partial charge in [-0.3, -0.25) is 19.7 Å². The second kappa shape index (κ2) is 9.70. The van der Waals surface area contributed by atoms with Gasteiger partial charge in [0.15, 0.2) is 0 Å². The first-order valence-electron chi connectivity index (χ1n) is 10.2. The van der Waals surface area contributed by atoms with Gasteiger partial charge < -0.3 is 24.7 Å². The van der Waals surface area contributed by atoms with Gasteiger partial charge >= 0.3 is 0 Å². The number of hydrogen-bond acceptors (Lipinski definition) is 8. The molecule has 3 rings (SSSR count). The van der Waals surface area contributed by atoms with Crippen molar-refractivity contribution in [1.29, 1.82) is 0 Å². The number of likely N-dealkylation sites (tertiary alicyclic amines) is 1. The van der Waals surface area contributed by atoms with Crippen molar-refractivity contribution in [3.63, 3.8) is 0 Å². The summed E-state index contributed by atoms with van der Waals surface area (Å²) in [6, 6.07) is 8.67. The number of ketones is 1. The van der Waals surface area contributed by atoms with E-state index in [1.165, 1.54) is 54.5 Å². The third-order valence-corrected chi connectivity index (χ3v) is 5.42. The van der Waals surface area contributed by atoms with Gasteiger partial charge in [-0.1, -0.05) is 0 Å². The molecule has 1 aliphatic rings. The summed E-state index contributed by atoms with van der Waals surface area (Å²) in [7, 11) is 5.19. The van der Waals surface area contributed by atoms with Crippen molar-refractivity contribution in [3.05, 3.63) is 69.3 Å². The van der Waals surface area contributed by atoms with E-state index in [2.05, 4.69) is 0 Å². The topological polar surface area (TPSA) is 133 Å². The molecule has 1 unspecified atom stereocenters. The number of benzene rings is 2. The third kappa shape index (κ3) is 4.80. The Morgan fingerprint density at radius 1 is 1.18 bits per heavy atom. The number of phenols is 1. The van der Waals surface area contributed by atoms with E-state index in [0.717, 1.165) is 0 Å². The van der Waals surface area contributed by atoms with Gasteiger partial charge in [0.2, 0.25) is 0 Å². The van der Waals surface area contributed by atoms with E-state index in [-0.39, 0.29) is 29.1 Å². The van der Waals surface area contributed by atoms with Crippen LogP contribution in [0.1, 0.15) is 23.6 Å². The minimum Gasteiger partial charge on any atom is -0.507 e. The maximum Gasteiger partial charge on any atom is 0.295 e. The molecule has 2 N–H and O–H groups in total. The zero-order valence-corrected chi connectivity index (χ0v) is 18.5. The summed E-state index contributed by atoms with van der Waals surface area (Å²) in [5.74, 6) is -2.19. The molecule has 2 aromatic carbocycles. The number of aliphatic hydroxyl groups is 1. The molecular weight excluding hydrogens is 430 g/mol. The summed E-state index contributed by atoms with van der Waals surface area (Å²) in [5.41, 5.74) is 0.0588. The average Bonchev–Trinajstić information content (AvgIpc) is 3.03. The Bertz CT molecular complexity index is 1110.